The number of carbonyl (C=O) groups excluding carboxylic acids is 1. The first-order valence-corrected chi connectivity index (χ1v) is 7.94. The molecule has 0 unspecified atom stereocenters. The fourth-order valence-electron chi connectivity index (χ4n) is 2.63. The van der Waals surface area contributed by atoms with Gasteiger partial charge in [-0.15, -0.1) is 0 Å². The van der Waals surface area contributed by atoms with Crippen molar-refractivity contribution in [3.8, 4) is 5.75 Å². The molecule has 0 bridgehead atoms. The first-order valence-electron chi connectivity index (χ1n) is 7.94. The Bertz CT molecular complexity index is 982. The lowest BCUT2D eigenvalue weighted by atomic mass is 10.0. The van der Waals surface area contributed by atoms with Gasteiger partial charge in [-0.2, -0.15) is 13.2 Å². The van der Waals surface area contributed by atoms with Crippen molar-refractivity contribution in [3.63, 3.8) is 0 Å². The van der Waals surface area contributed by atoms with Crippen LogP contribution in [0.5, 0.6) is 5.75 Å². The Morgan fingerprint density at radius 3 is 2.67 bits per heavy atom. The highest BCUT2D eigenvalue weighted by Crippen LogP contribution is 2.27. The smallest absolute Gasteiger partial charge is 0.390 e. The third-order valence-electron chi connectivity index (χ3n) is 3.92. The number of halogens is 4. The number of nitrogens with one attached hydrogen (secondary N) is 2. The molecule has 3 rings (SSSR count). The van der Waals surface area contributed by atoms with E-state index in [0.717, 1.165) is 6.07 Å². The summed E-state index contributed by atoms with van der Waals surface area (Å²) in [5.41, 5.74) is 1.45. The second-order valence-electron chi connectivity index (χ2n) is 5.79. The highest BCUT2D eigenvalue weighted by molar-refractivity contribution is 6.11. The van der Waals surface area contributed by atoms with E-state index in [9.17, 15) is 22.4 Å². The number of rotatable bonds is 6. The minimum absolute atomic E-state index is 0.00470. The molecule has 0 aliphatic rings. The maximum atomic E-state index is 13.9. The zero-order valence-electron chi connectivity index (χ0n) is 14.2. The van der Waals surface area contributed by atoms with Gasteiger partial charge < -0.3 is 15.0 Å². The van der Waals surface area contributed by atoms with E-state index in [-0.39, 0.29) is 29.1 Å². The summed E-state index contributed by atoms with van der Waals surface area (Å²) in [7, 11) is 1.31. The summed E-state index contributed by atoms with van der Waals surface area (Å²) in [5, 5.41) is 2.66. The molecular weight excluding hydrogens is 366 g/mol. The number of H-pyrrole nitrogens is 1. The first-order chi connectivity index (χ1) is 12.8. The molecule has 0 fully saturated rings. The largest absolute Gasteiger partial charge is 0.494 e. The van der Waals surface area contributed by atoms with Gasteiger partial charge >= 0.3 is 6.18 Å². The number of imidazole rings is 1. The fraction of sp³-hybridized carbons (Fsp3) is 0.222. The summed E-state index contributed by atoms with van der Waals surface area (Å²) in [6.45, 7) is -0.361. The Morgan fingerprint density at radius 2 is 2.00 bits per heavy atom. The number of nitrogens with zero attached hydrogens (tertiary/aromatic N) is 1. The normalized spacial score (nSPS) is 11.6. The van der Waals surface area contributed by atoms with Crippen LogP contribution in [0.2, 0.25) is 0 Å². The maximum absolute atomic E-state index is 13.9. The Balaban J connectivity index is 1.92. The molecule has 2 aromatic carbocycles. The number of benzene rings is 2. The third kappa shape index (κ3) is 4.18. The van der Waals surface area contributed by atoms with Gasteiger partial charge in [0, 0.05) is 17.7 Å². The van der Waals surface area contributed by atoms with Gasteiger partial charge in [0.2, 0.25) is 0 Å². The number of alkyl halides is 3. The molecule has 1 heterocycles. The van der Waals surface area contributed by atoms with Gasteiger partial charge in [0.25, 0.3) is 0 Å². The Labute approximate surface area is 151 Å². The highest BCUT2D eigenvalue weighted by atomic mass is 19.4. The van der Waals surface area contributed by atoms with E-state index in [4.69, 9.17) is 4.74 Å². The van der Waals surface area contributed by atoms with Crippen LogP contribution in [0, 0.1) is 5.82 Å². The van der Waals surface area contributed by atoms with Crippen molar-refractivity contribution in [2.75, 3.05) is 19.0 Å². The molecule has 9 heteroatoms. The van der Waals surface area contributed by atoms with Crippen LogP contribution < -0.4 is 10.1 Å². The second-order valence-corrected chi connectivity index (χ2v) is 5.79. The lowest BCUT2D eigenvalue weighted by Gasteiger charge is -2.11. The zero-order valence-corrected chi connectivity index (χ0v) is 14.2. The van der Waals surface area contributed by atoms with Crippen molar-refractivity contribution in [3.05, 3.63) is 53.6 Å². The Kier molecular flexibility index (Phi) is 5.02. The monoisotopic (exact) mass is 381 g/mol. The van der Waals surface area contributed by atoms with Gasteiger partial charge in [-0.3, -0.25) is 4.79 Å². The summed E-state index contributed by atoms with van der Waals surface area (Å²) >= 11 is 0. The Morgan fingerprint density at radius 1 is 1.22 bits per heavy atom. The van der Waals surface area contributed by atoms with Crippen LogP contribution >= 0.6 is 0 Å². The molecule has 2 N–H and O–H groups in total. The number of anilines is 1. The number of hydrogen-bond acceptors (Lipinski definition) is 4. The number of methoxy groups -OCH3 is 1. The molecule has 0 aliphatic carbocycles. The standard InChI is InChI=1S/C18H15F4N3O2/c1-27-15-3-2-10(6-12(15)19)17(26)11-7-13(23-5-4-18(20,21)22)16-14(8-11)24-9-25-16/h2-3,6-9,23H,4-5H2,1H3,(H,24,25). The molecule has 0 spiro atoms. The van der Waals surface area contributed by atoms with Crippen molar-refractivity contribution in [2.24, 2.45) is 0 Å². The van der Waals surface area contributed by atoms with Crippen LogP contribution in [0.3, 0.4) is 0 Å². The fourth-order valence-corrected chi connectivity index (χ4v) is 2.63. The van der Waals surface area contributed by atoms with Gasteiger partial charge in [0.05, 0.1) is 31.1 Å². The number of ether oxygens (including phenoxy) is 1. The molecule has 0 saturated carbocycles. The van der Waals surface area contributed by atoms with E-state index < -0.39 is 24.2 Å². The second kappa shape index (κ2) is 7.26. The zero-order chi connectivity index (χ0) is 19.6. The van der Waals surface area contributed by atoms with Gasteiger partial charge in [0.15, 0.2) is 17.3 Å². The number of hydrogen-bond donors (Lipinski definition) is 2. The Hall–Kier alpha value is -3.10. The van der Waals surface area contributed by atoms with Crippen LogP contribution in [0.15, 0.2) is 36.7 Å². The topological polar surface area (TPSA) is 67.0 Å². The molecule has 142 valence electrons. The third-order valence-corrected chi connectivity index (χ3v) is 3.92. The number of ketones is 1. The summed E-state index contributed by atoms with van der Waals surface area (Å²) in [5.74, 6) is -1.16. The number of carbonyl (C=O) groups is 1. The average molecular weight is 381 g/mol. The molecule has 0 amide bonds. The quantitative estimate of drug-likeness (QED) is 0.493. The van der Waals surface area contributed by atoms with Crippen LogP contribution in [-0.2, 0) is 0 Å². The van der Waals surface area contributed by atoms with Crippen molar-refractivity contribution >= 4 is 22.5 Å². The summed E-state index contributed by atoms with van der Waals surface area (Å²) in [6.07, 6.45) is -3.95. The van der Waals surface area contributed by atoms with Crippen LogP contribution in [0.4, 0.5) is 23.2 Å². The maximum Gasteiger partial charge on any atom is 0.390 e. The van der Waals surface area contributed by atoms with Gasteiger partial charge in [0.1, 0.15) is 5.52 Å². The number of aromatic nitrogens is 2. The van der Waals surface area contributed by atoms with Gasteiger partial charge in [-0.25, -0.2) is 9.37 Å². The molecule has 1 aromatic heterocycles. The van der Waals surface area contributed by atoms with Gasteiger partial charge in [-0.1, -0.05) is 0 Å². The van der Waals surface area contributed by atoms with E-state index >= 15 is 0 Å². The molecule has 27 heavy (non-hydrogen) atoms. The van der Waals surface area contributed by atoms with Crippen LogP contribution in [-0.4, -0.2) is 35.6 Å². The molecule has 3 aromatic rings. The molecule has 0 aliphatic heterocycles. The first kappa shape index (κ1) is 18.7. The molecule has 0 atom stereocenters. The lowest BCUT2D eigenvalue weighted by Crippen LogP contribution is -2.15. The van der Waals surface area contributed by atoms with Crippen molar-refractivity contribution in [1.82, 2.24) is 9.97 Å². The van der Waals surface area contributed by atoms with E-state index in [1.54, 1.807) is 0 Å². The number of fused-ring (bicyclic) bond motifs is 1. The number of aromatic amines is 1. The SMILES string of the molecule is COc1ccc(C(=O)c2cc(NCCC(F)(F)F)c3nc[nH]c3c2)cc1F. The summed E-state index contributed by atoms with van der Waals surface area (Å²) < 4.78 is 55.8. The molecular formula is C18H15F4N3O2. The average Bonchev–Trinajstić information content (AvgIpc) is 3.08. The van der Waals surface area contributed by atoms with E-state index in [2.05, 4.69) is 15.3 Å². The predicted octanol–water partition coefficient (Wildman–Crippen LogP) is 4.31. The van der Waals surface area contributed by atoms with E-state index in [1.807, 2.05) is 0 Å². The predicted molar refractivity (Wildman–Crippen MR) is 91.6 cm³/mol. The summed E-state index contributed by atoms with van der Waals surface area (Å²) in [4.78, 5) is 19.6. The van der Waals surface area contributed by atoms with Crippen LogP contribution in [0.25, 0.3) is 11.0 Å². The van der Waals surface area contributed by atoms with Gasteiger partial charge in [-0.05, 0) is 30.3 Å². The van der Waals surface area contributed by atoms with Crippen molar-refractivity contribution < 1.29 is 27.1 Å². The van der Waals surface area contributed by atoms with Crippen molar-refractivity contribution in [2.45, 2.75) is 12.6 Å². The molecule has 0 saturated heterocycles. The highest BCUT2D eigenvalue weighted by Gasteiger charge is 2.26. The van der Waals surface area contributed by atoms with E-state index in [0.29, 0.717) is 11.0 Å². The van der Waals surface area contributed by atoms with Crippen LogP contribution in [0.1, 0.15) is 22.3 Å². The van der Waals surface area contributed by atoms with Crippen molar-refractivity contribution in [1.29, 1.82) is 0 Å². The van der Waals surface area contributed by atoms with E-state index in [1.165, 1.54) is 37.7 Å². The minimum Gasteiger partial charge on any atom is -0.494 e. The minimum atomic E-state index is -4.30. The summed E-state index contributed by atoms with van der Waals surface area (Å²) in [6, 6.07) is 6.72. The molecule has 5 nitrogen and oxygen atoms in total. The molecule has 0 radical (unpaired) electrons. The lowest BCUT2D eigenvalue weighted by molar-refractivity contribution is -0.131.